The van der Waals surface area contributed by atoms with Gasteiger partial charge in [-0.2, -0.15) is 0 Å². The Hall–Kier alpha value is -4.82. The van der Waals surface area contributed by atoms with Gasteiger partial charge in [0.2, 0.25) is 0 Å². The third-order valence-electron chi connectivity index (χ3n) is 7.49. The van der Waals surface area contributed by atoms with Crippen LogP contribution >= 0.6 is 0 Å². The first-order valence-electron chi connectivity index (χ1n) is 12.4. The number of hydrogen-bond donors (Lipinski definition) is 1. The Morgan fingerprint density at radius 3 is 2.00 bits per heavy atom. The molecular weight excluding hydrogens is 436 g/mol. The number of nitrogens with one attached hydrogen (secondary N) is 1. The fourth-order valence-corrected chi connectivity index (χ4v) is 5.98. The number of rotatable bonds is 2. The van der Waals surface area contributed by atoms with E-state index in [1.165, 1.54) is 71.2 Å². The molecule has 0 fully saturated rings. The molecule has 8 rings (SSSR count). The maximum absolute atomic E-state index is 3.75. The summed E-state index contributed by atoms with van der Waals surface area (Å²) in [6.45, 7) is 0. The zero-order valence-corrected chi connectivity index (χ0v) is 19.6. The third-order valence-corrected chi connectivity index (χ3v) is 7.49. The minimum absolute atomic E-state index is 1.17. The molecule has 0 spiro atoms. The van der Waals surface area contributed by atoms with E-state index in [0.717, 1.165) is 0 Å². The van der Waals surface area contributed by atoms with Crippen molar-refractivity contribution < 1.29 is 0 Å². The quantitative estimate of drug-likeness (QED) is 0.266. The number of aromatic amines is 1. The number of H-pyrrole nitrogens is 1. The van der Waals surface area contributed by atoms with Crippen LogP contribution in [0.1, 0.15) is 0 Å². The van der Waals surface area contributed by atoms with Crippen LogP contribution in [-0.2, 0) is 0 Å². The zero-order chi connectivity index (χ0) is 23.6. The smallest absolute Gasteiger partial charge is 0.0627 e. The summed E-state index contributed by atoms with van der Waals surface area (Å²) in [6, 6.07) is 45.8. The van der Waals surface area contributed by atoms with E-state index < -0.39 is 0 Å². The molecule has 1 N–H and O–H groups in total. The zero-order valence-electron chi connectivity index (χ0n) is 19.6. The molecule has 36 heavy (non-hydrogen) atoms. The van der Waals surface area contributed by atoms with Gasteiger partial charge in [0, 0.05) is 43.5 Å². The van der Waals surface area contributed by atoms with E-state index in [1.54, 1.807) is 0 Å². The Morgan fingerprint density at radius 1 is 0.472 bits per heavy atom. The van der Waals surface area contributed by atoms with Crippen LogP contribution in [0.3, 0.4) is 0 Å². The Kier molecular flexibility index (Phi) is 3.97. The average Bonchev–Trinajstić information content (AvgIpc) is 3.50. The van der Waals surface area contributed by atoms with E-state index >= 15 is 0 Å². The van der Waals surface area contributed by atoms with Crippen LogP contribution in [0.5, 0.6) is 0 Å². The molecule has 0 saturated carbocycles. The van der Waals surface area contributed by atoms with Gasteiger partial charge in [0.15, 0.2) is 0 Å². The molecule has 0 saturated heterocycles. The molecular formula is C34H22N2. The normalized spacial score (nSPS) is 11.9. The Labute approximate surface area is 208 Å². The van der Waals surface area contributed by atoms with Crippen molar-refractivity contribution in [1.82, 2.24) is 9.55 Å². The highest BCUT2D eigenvalue weighted by Crippen LogP contribution is 2.44. The van der Waals surface area contributed by atoms with Crippen molar-refractivity contribution in [1.29, 1.82) is 0 Å². The largest absolute Gasteiger partial charge is 0.354 e. The lowest BCUT2D eigenvalue weighted by molar-refractivity contribution is 1.19. The van der Waals surface area contributed by atoms with Crippen LogP contribution < -0.4 is 0 Å². The van der Waals surface area contributed by atoms with E-state index in [-0.39, 0.29) is 0 Å². The Morgan fingerprint density at radius 2 is 1.14 bits per heavy atom. The van der Waals surface area contributed by atoms with Gasteiger partial charge in [0.1, 0.15) is 0 Å². The van der Waals surface area contributed by atoms with Crippen LogP contribution in [0, 0.1) is 0 Å². The van der Waals surface area contributed by atoms with E-state index in [9.17, 15) is 0 Å². The van der Waals surface area contributed by atoms with Gasteiger partial charge in [-0.3, -0.25) is 0 Å². The highest BCUT2D eigenvalue weighted by molar-refractivity contribution is 6.36. The maximum Gasteiger partial charge on any atom is 0.0627 e. The average molecular weight is 459 g/mol. The predicted octanol–water partition coefficient (Wildman–Crippen LogP) is 9.24. The van der Waals surface area contributed by atoms with E-state index in [0.29, 0.717) is 0 Å². The molecule has 0 radical (unpaired) electrons. The second kappa shape index (κ2) is 7.34. The summed E-state index contributed by atoms with van der Waals surface area (Å²) >= 11 is 0. The molecule has 0 unspecified atom stereocenters. The summed E-state index contributed by atoms with van der Waals surface area (Å²) in [4.78, 5) is 3.75. The van der Waals surface area contributed by atoms with Gasteiger partial charge in [-0.25, -0.2) is 0 Å². The molecule has 2 nitrogen and oxygen atoms in total. The molecule has 0 amide bonds. The number of aromatic nitrogens is 2. The highest BCUT2D eigenvalue weighted by atomic mass is 15.0. The molecule has 6 aromatic carbocycles. The highest BCUT2D eigenvalue weighted by Gasteiger charge is 2.21. The first kappa shape index (κ1) is 19.5. The fourth-order valence-electron chi connectivity index (χ4n) is 5.98. The Bertz CT molecular complexity index is 2090. The standard InChI is InChI=1S/C34H22N2/c1-2-11-22(12-3-1)23-13-10-14-24(21-23)36-30-20-9-7-18-28(30)32-31-27-17-6-8-19-29(27)35-33(31)25-15-4-5-16-26(25)34(32)36/h1-21,35H. The minimum atomic E-state index is 1.17. The topological polar surface area (TPSA) is 20.7 Å². The molecule has 0 bridgehead atoms. The third kappa shape index (κ3) is 2.61. The molecule has 2 aromatic heterocycles. The first-order valence-corrected chi connectivity index (χ1v) is 12.4. The molecule has 0 aliphatic heterocycles. The van der Waals surface area contributed by atoms with Crippen LogP contribution in [0.2, 0.25) is 0 Å². The fraction of sp³-hybridized carbons (Fsp3) is 0. The SMILES string of the molecule is c1ccc(-c2cccc(-n3c4ccccc4c4c5c6ccccc6[nH]c5c5ccccc5c43)c2)cc1. The number of nitrogens with zero attached hydrogens (tertiary/aromatic N) is 1. The minimum Gasteiger partial charge on any atom is -0.354 e. The van der Waals surface area contributed by atoms with E-state index in [2.05, 4.69) is 137 Å². The van der Waals surface area contributed by atoms with Crippen molar-refractivity contribution in [3.05, 3.63) is 127 Å². The van der Waals surface area contributed by atoms with Crippen molar-refractivity contribution in [2.45, 2.75) is 0 Å². The number of hydrogen-bond acceptors (Lipinski definition) is 0. The molecule has 2 heterocycles. The summed E-state index contributed by atoms with van der Waals surface area (Å²) in [5.74, 6) is 0. The van der Waals surface area contributed by atoms with Crippen molar-refractivity contribution in [2.24, 2.45) is 0 Å². The van der Waals surface area contributed by atoms with Crippen LogP contribution in [0.4, 0.5) is 0 Å². The maximum atomic E-state index is 3.75. The van der Waals surface area contributed by atoms with Gasteiger partial charge < -0.3 is 9.55 Å². The van der Waals surface area contributed by atoms with Crippen molar-refractivity contribution in [3.8, 4) is 16.8 Å². The number of para-hydroxylation sites is 2. The lowest BCUT2D eigenvalue weighted by atomic mass is 9.99. The van der Waals surface area contributed by atoms with Gasteiger partial charge >= 0.3 is 0 Å². The Balaban J connectivity index is 1.61. The van der Waals surface area contributed by atoms with Crippen LogP contribution in [-0.4, -0.2) is 9.55 Å². The lowest BCUT2D eigenvalue weighted by Gasteiger charge is -2.12. The van der Waals surface area contributed by atoms with Crippen LogP contribution in [0.15, 0.2) is 127 Å². The van der Waals surface area contributed by atoms with Gasteiger partial charge in [-0.05, 0) is 35.4 Å². The molecule has 2 heteroatoms. The van der Waals surface area contributed by atoms with E-state index in [1.807, 2.05) is 0 Å². The molecule has 168 valence electrons. The van der Waals surface area contributed by atoms with Gasteiger partial charge in [-0.15, -0.1) is 0 Å². The molecule has 0 atom stereocenters. The number of fused-ring (bicyclic) bond motifs is 10. The first-order chi connectivity index (χ1) is 17.9. The summed E-state index contributed by atoms with van der Waals surface area (Å²) < 4.78 is 2.46. The second-order valence-corrected chi connectivity index (χ2v) is 9.46. The molecule has 0 aliphatic carbocycles. The van der Waals surface area contributed by atoms with Crippen molar-refractivity contribution in [3.63, 3.8) is 0 Å². The van der Waals surface area contributed by atoms with Crippen molar-refractivity contribution in [2.75, 3.05) is 0 Å². The van der Waals surface area contributed by atoms with E-state index in [4.69, 9.17) is 0 Å². The van der Waals surface area contributed by atoms with Gasteiger partial charge in [0.05, 0.1) is 16.6 Å². The monoisotopic (exact) mass is 458 g/mol. The predicted molar refractivity (Wildman–Crippen MR) is 153 cm³/mol. The summed E-state index contributed by atoms with van der Waals surface area (Å²) in [6.07, 6.45) is 0. The molecule has 0 aliphatic rings. The lowest BCUT2D eigenvalue weighted by Crippen LogP contribution is -1.95. The second-order valence-electron chi connectivity index (χ2n) is 9.46. The van der Waals surface area contributed by atoms with Crippen molar-refractivity contribution >= 4 is 54.4 Å². The van der Waals surface area contributed by atoms with Gasteiger partial charge in [0.25, 0.3) is 0 Å². The summed E-state index contributed by atoms with van der Waals surface area (Å²) in [5.41, 5.74) is 8.48. The van der Waals surface area contributed by atoms with Crippen LogP contribution in [0.25, 0.3) is 71.2 Å². The summed E-state index contributed by atoms with van der Waals surface area (Å²) in [5, 5.41) is 7.66. The summed E-state index contributed by atoms with van der Waals surface area (Å²) in [7, 11) is 0. The van der Waals surface area contributed by atoms with Gasteiger partial charge in [-0.1, -0.05) is 103 Å². The number of benzene rings is 6. The molecule has 8 aromatic rings.